The van der Waals surface area contributed by atoms with Gasteiger partial charge in [0.25, 0.3) is 0 Å². The molecule has 0 N–H and O–H groups in total. The Morgan fingerprint density at radius 1 is 1.38 bits per heavy atom. The van der Waals surface area contributed by atoms with Gasteiger partial charge in [-0.2, -0.15) is 0 Å². The average Bonchev–Trinajstić information content (AvgIpc) is 2.30. The molecule has 0 fully saturated rings. The van der Waals surface area contributed by atoms with Crippen LogP contribution in [0.15, 0.2) is 52.4 Å². The van der Waals surface area contributed by atoms with E-state index in [1.807, 2.05) is 0 Å². The number of hydrogen-bond donors (Lipinski definition) is 0. The lowest BCUT2D eigenvalue weighted by molar-refractivity contribution is -0.128. The molecule has 4 heteroatoms. The monoisotopic (exact) mass is 216 g/mol. The molecule has 0 saturated heterocycles. The summed E-state index contributed by atoms with van der Waals surface area (Å²) in [5.74, 6) is -0.282. The second-order valence-corrected chi connectivity index (χ2v) is 3.07. The molecule has 0 amide bonds. The Morgan fingerprint density at radius 3 is 2.94 bits per heavy atom. The molecule has 0 saturated carbocycles. The zero-order chi connectivity index (χ0) is 11.5. The molecule has 0 radical (unpaired) electrons. The van der Waals surface area contributed by atoms with Crippen molar-refractivity contribution in [1.82, 2.24) is 0 Å². The number of carbonyl (C=O) groups excluding carboxylic acids is 1. The van der Waals surface area contributed by atoms with Gasteiger partial charge in [0.15, 0.2) is 5.43 Å². The summed E-state index contributed by atoms with van der Waals surface area (Å²) in [4.78, 5) is 22.4. The zero-order valence-electron chi connectivity index (χ0n) is 8.30. The number of fused-ring (bicyclic) bond motifs is 1. The molecule has 1 aromatic heterocycles. The van der Waals surface area contributed by atoms with Crippen molar-refractivity contribution >= 4 is 16.9 Å². The first kappa shape index (κ1) is 10.2. The summed E-state index contributed by atoms with van der Waals surface area (Å²) in [7, 11) is 0. The van der Waals surface area contributed by atoms with Crippen LogP contribution in [-0.2, 0) is 4.79 Å². The van der Waals surface area contributed by atoms with E-state index in [0.717, 1.165) is 6.08 Å². The van der Waals surface area contributed by atoms with E-state index in [-0.39, 0.29) is 11.2 Å². The fourth-order valence-corrected chi connectivity index (χ4v) is 1.28. The summed E-state index contributed by atoms with van der Waals surface area (Å²) in [5, 5.41) is 0.372. The number of ether oxygens (including phenoxy) is 1. The summed E-state index contributed by atoms with van der Waals surface area (Å²) in [5.41, 5.74) is 0.267. The predicted molar refractivity (Wildman–Crippen MR) is 58.3 cm³/mol. The minimum atomic E-state index is -0.570. The molecule has 0 aliphatic heterocycles. The van der Waals surface area contributed by atoms with Gasteiger partial charge in [0.05, 0.1) is 11.6 Å². The summed E-state index contributed by atoms with van der Waals surface area (Å²) in [6.45, 7) is 3.28. The summed E-state index contributed by atoms with van der Waals surface area (Å²) < 4.78 is 10.0. The van der Waals surface area contributed by atoms with E-state index in [9.17, 15) is 9.59 Å². The van der Waals surface area contributed by atoms with Gasteiger partial charge in [-0.05, 0) is 18.2 Å². The van der Waals surface area contributed by atoms with Crippen molar-refractivity contribution in [3.8, 4) is 5.75 Å². The highest BCUT2D eigenvalue weighted by atomic mass is 16.5. The van der Waals surface area contributed by atoms with Crippen LogP contribution in [0.4, 0.5) is 0 Å². The van der Waals surface area contributed by atoms with E-state index in [4.69, 9.17) is 9.15 Å². The Morgan fingerprint density at radius 2 is 2.19 bits per heavy atom. The summed E-state index contributed by atoms with van der Waals surface area (Å²) >= 11 is 0. The van der Waals surface area contributed by atoms with Gasteiger partial charge in [-0.1, -0.05) is 6.58 Å². The molecule has 0 aliphatic carbocycles. The largest absolute Gasteiger partial charge is 0.464 e. The molecule has 80 valence electrons. The maximum Gasteiger partial charge on any atom is 0.335 e. The molecule has 1 aromatic carbocycles. The Balaban J connectivity index is 2.51. The lowest BCUT2D eigenvalue weighted by Gasteiger charge is -2.01. The standard InChI is InChI=1S/C12H8O4/c1-2-12(14)16-8-3-4-11-9(7-8)10(13)5-6-15-11/h2-7H,1H2. The van der Waals surface area contributed by atoms with E-state index < -0.39 is 5.97 Å². The van der Waals surface area contributed by atoms with Gasteiger partial charge in [-0.25, -0.2) is 4.79 Å². The van der Waals surface area contributed by atoms with Gasteiger partial charge < -0.3 is 9.15 Å². The third-order valence-electron chi connectivity index (χ3n) is 2.02. The second-order valence-electron chi connectivity index (χ2n) is 3.07. The third kappa shape index (κ3) is 1.86. The van der Waals surface area contributed by atoms with Crippen LogP contribution in [0, 0.1) is 0 Å². The van der Waals surface area contributed by atoms with Crippen LogP contribution >= 0.6 is 0 Å². The lowest BCUT2D eigenvalue weighted by Crippen LogP contribution is -2.04. The highest BCUT2D eigenvalue weighted by molar-refractivity contribution is 5.85. The Hall–Kier alpha value is -2.36. The molecular formula is C12H8O4. The van der Waals surface area contributed by atoms with Crippen LogP contribution in [-0.4, -0.2) is 5.97 Å². The van der Waals surface area contributed by atoms with Crippen LogP contribution in [0.5, 0.6) is 5.75 Å². The van der Waals surface area contributed by atoms with E-state index in [1.165, 1.54) is 18.4 Å². The van der Waals surface area contributed by atoms with Gasteiger partial charge in [0.2, 0.25) is 0 Å². The molecule has 0 unspecified atom stereocenters. The van der Waals surface area contributed by atoms with Crippen LogP contribution in [0.3, 0.4) is 0 Å². The van der Waals surface area contributed by atoms with E-state index >= 15 is 0 Å². The van der Waals surface area contributed by atoms with Crippen LogP contribution in [0.2, 0.25) is 0 Å². The maximum absolute atomic E-state index is 11.5. The van der Waals surface area contributed by atoms with Crippen LogP contribution in [0.25, 0.3) is 11.0 Å². The second kappa shape index (κ2) is 4.02. The smallest absolute Gasteiger partial charge is 0.335 e. The molecule has 2 rings (SSSR count). The first-order valence-corrected chi connectivity index (χ1v) is 4.56. The quantitative estimate of drug-likeness (QED) is 0.437. The summed E-state index contributed by atoms with van der Waals surface area (Å²) in [6, 6.07) is 5.89. The minimum Gasteiger partial charge on any atom is -0.464 e. The molecule has 0 atom stereocenters. The van der Waals surface area contributed by atoms with Gasteiger partial charge in [0, 0.05) is 12.1 Å². The summed E-state index contributed by atoms with van der Waals surface area (Å²) in [6.07, 6.45) is 2.37. The first-order chi connectivity index (χ1) is 7.70. The van der Waals surface area contributed by atoms with Gasteiger partial charge in [-0.15, -0.1) is 0 Å². The van der Waals surface area contributed by atoms with Crippen molar-refractivity contribution in [2.45, 2.75) is 0 Å². The molecule has 16 heavy (non-hydrogen) atoms. The maximum atomic E-state index is 11.5. The fraction of sp³-hybridized carbons (Fsp3) is 0. The molecule has 1 heterocycles. The number of carbonyl (C=O) groups is 1. The Bertz CT molecular complexity index is 610. The zero-order valence-corrected chi connectivity index (χ0v) is 8.30. The van der Waals surface area contributed by atoms with Crippen LogP contribution < -0.4 is 10.2 Å². The third-order valence-corrected chi connectivity index (χ3v) is 2.02. The van der Waals surface area contributed by atoms with Gasteiger partial charge in [-0.3, -0.25) is 4.79 Å². The van der Waals surface area contributed by atoms with Crippen LogP contribution in [0.1, 0.15) is 0 Å². The average molecular weight is 216 g/mol. The van der Waals surface area contributed by atoms with Crippen molar-refractivity contribution in [1.29, 1.82) is 0 Å². The molecular weight excluding hydrogens is 208 g/mol. The highest BCUT2D eigenvalue weighted by Gasteiger charge is 2.04. The van der Waals surface area contributed by atoms with E-state index in [2.05, 4.69) is 6.58 Å². The highest BCUT2D eigenvalue weighted by Crippen LogP contribution is 2.18. The number of benzene rings is 1. The number of rotatable bonds is 2. The Labute approximate surface area is 90.8 Å². The molecule has 0 aliphatic rings. The van der Waals surface area contributed by atoms with Gasteiger partial charge >= 0.3 is 5.97 Å². The van der Waals surface area contributed by atoms with Crippen molar-refractivity contribution in [3.63, 3.8) is 0 Å². The number of hydrogen-bond acceptors (Lipinski definition) is 4. The molecule has 0 spiro atoms. The first-order valence-electron chi connectivity index (χ1n) is 4.56. The lowest BCUT2D eigenvalue weighted by atomic mass is 10.2. The van der Waals surface area contributed by atoms with Crippen molar-refractivity contribution in [3.05, 3.63) is 53.4 Å². The molecule has 2 aromatic rings. The molecule has 0 bridgehead atoms. The predicted octanol–water partition coefficient (Wildman–Crippen LogP) is 1.88. The Kier molecular flexibility index (Phi) is 2.55. The number of esters is 1. The van der Waals surface area contributed by atoms with Crippen molar-refractivity contribution in [2.75, 3.05) is 0 Å². The van der Waals surface area contributed by atoms with E-state index in [0.29, 0.717) is 11.0 Å². The van der Waals surface area contributed by atoms with Gasteiger partial charge in [0.1, 0.15) is 11.3 Å². The SMILES string of the molecule is C=CC(=O)Oc1ccc2occc(=O)c2c1. The van der Waals surface area contributed by atoms with Crippen molar-refractivity contribution in [2.24, 2.45) is 0 Å². The normalized spacial score (nSPS) is 10.0. The van der Waals surface area contributed by atoms with E-state index in [1.54, 1.807) is 12.1 Å². The molecule has 4 nitrogen and oxygen atoms in total. The topological polar surface area (TPSA) is 56.5 Å². The minimum absolute atomic E-state index is 0.183. The van der Waals surface area contributed by atoms with Crippen molar-refractivity contribution < 1.29 is 13.9 Å². The fourth-order valence-electron chi connectivity index (χ4n) is 1.28.